The third-order valence-corrected chi connectivity index (χ3v) is 2.09. The van der Waals surface area contributed by atoms with Crippen molar-refractivity contribution < 1.29 is 9.53 Å². The summed E-state index contributed by atoms with van der Waals surface area (Å²) in [6.07, 6.45) is 1.31. The summed E-state index contributed by atoms with van der Waals surface area (Å²) in [7, 11) is 1.66. The summed E-state index contributed by atoms with van der Waals surface area (Å²) in [5.74, 6) is -0.394. The number of hydrogen-bond acceptors (Lipinski definition) is 5. The Hall–Kier alpha value is -1.20. The van der Waals surface area contributed by atoms with Crippen molar-refractivity contribution >= 4 is 17.6 Å². The molecule has 0 saturated heterocycles. The van der Waals surface area contributed by atoms with Gasteiger partial charge in [0.05, 0.1) is 5.69 Å². The summed E-state index contributed by atoms with van der Waals surface area (Å²) < 4.78 is 5.28. The van der Waals surface area contributed by atoms with E-state index in [1.807, 2.05) is 20.8 Å². The number of carbonyl (C=O) groups is 1. The molecule has 0 aliphatic carbocycles. The molecule has 0 spiro atoms. The molecule has 94 valence electrons. The van der Waals surface area contributed by atoms with Crippen molar-refractivity contribution in [2.45, 2.75) is 32.4 Å². The quantitative estimate of drug-likeness (QED) is 0.660. The molecule has 0 bridgehead atoms. The van der Waals surface area contributed by atoms with Crippen molar-refractivity contribution in [3.05, 3.63) is 23.2 Å². The molecule has 1 aromatic rings. The summed E-state index contributed by atoms with van der Waals surface area (Å²) in [4.78, 5) is 19.7. The smallest absolute Gasteiger partial charge is 0.329 e. The van der Waals surface area contributed by atoms with Gasteiger partial charge in [0.2, 0.25) is 0 Å². The molecule has 1 heterocycles. The number of hydrogen-bond donors (Lipinski definition) is 1. The Morgan fingerprint density at radius 1 is 1.47 bits per heavy atom. The van der Waals surface area contributed by atoms with Gasteiger partial charge in [0.25, 0.3) is 0 Å². The van der Waals surface area contributed by atoms with Gasteiger partial charge in [0, 0.05) is 0 Å². The van der Waals surface area contributed by atoms with E-state index < -0.39 is 17.6 Å². The number of nitrogens with zero attached hydrogens (tertiary/aromatic N) is 2. The van der Waals surface area contributed by atoms with Gasteiger partial charge in [-0.05, 0) is 33.9 Å². The largest absolute Gasteiger partial charge is 0.459 e. The second-order valence-electron chi connectivity index (χ2n) is 4.52. The second-order valence-corrected chi connectivity index (χ2v) is 4.91. The molecule has 0 aliphatic rings. The first-order valence-electron chi connectivity index (χ1n) is 5.21. The fraction of sp³-hybridized carbons (Fsp3) is 0.545. The highest BCUT2D eigenvalue weighted by Crippen LogP contribution is 2.18. The fourth-order valence-corrected chi connectivity index (χ4v) is 1.41. The number of esters is 1. The molecule has 6 heteroatoms. The molecule has 0 amide bonds. The maximum Gasteiger partial charge on any atom is 0.329 e. The van der Waals surface area contributed by atoms with Gasteiger partial charge in [-0.15, -0.1) is 0 Å². The number of carbonyl (C=O) groups excluding carboxylic acids is 1. The van der Waals surface area contributed by atoms with Crippen LogP contribution >= 0.6 is 11.6 Å². The number of rotatable bonds is 3. The van der Waals surface area contributed by atoms with Crippen molar-refractivity contribution in [3.63, 3.8) is 0 Å². The zero-order valence-corrected chi connectivity index (χ0v) is 11.1. The molecule has 17 heavy (non-hydrogen) atoms. The molecule has 0 aliphatic heterocycles. The van der Waals surface area contributed by atoms with Crippen LogP contribution in [-0.2, 0) is 9.53 Å². The predicted molar refractivity (Wildman–Crippen MR) is 64.7 cm³/mol. The molecule has 0 radical (unpaired) electrons. The van der Waals surface area contributed by atoms with E-state index in [1.165, 1.54) is 12.4 Å². The summed E-state index contributed by atoms with van der Waals surface area (Å²) in [5, 5.41) is 3.14. The lowest BCUT2D eigenvalue weighted by Crippen LogP contribution is -2.33. The van der Waals surface area contributed by atoms with Crippen LogP contribution in [0.4, 0.5) is 0 Å². The Labute approximate surface area is 106 Å². The van der Waals surface area contributed by atoms with Crippen LogP contribution < -0.4 is 5.32 Å². The minimum atomic E-state index is -0.644. The number of ether oxygens (including phenoxy) is 1. The molecule has 0 fully saturated rings. The highest BCUT2D eigenvalue weighted by Gasteiger charge is 2.26. The van der Waals surface area contributed by atoms with Gasteiger partial charge in [0.1, 0.15) is 23.1 Å². The lowest BCUT2D eigenvalue weighted by molar-refractivity contribution is -0.157. The van der Waals surface area contributed by atoms with Gasteiger partial charge in [-0.25, -0.2) is 14.8 Å². The van der Waals surface area contributed by atoms with Gasteiger partial charge in [-0.3, -0.25) is 0 Å². The topological polar surface area (TPSA) is 64.1 Å². The van der Waals surface area contributed by atoms with Gasteiger partial charge in [-0.1, -0.05) is 11.6 Å². The lowest BCUT2D eigenvalue weighted by atomic mass is 10.1. The Kier molecular flexibility index (Phi) is 4.42. The average molecular weight is 258 g/mol. The molecular formula is C11H16ClN3O2. The zero-order valence-electron chi connectivity index (χ0n) is 10.3. The second kappa shape index (κ2) is 5.42. The van der Waals surface area contributed by atoms with E-state index in [2.05, 4.69) is 15.3 Å². The third kappa shape index (κ3) is 4.28. The summed E-state index contributed by atoms with van der Waals surface area (Å²) in [5.41, 5.74) is -0.0510. The first-order chi connectivity index (χ1) is 7.83. The van der Waals surface area contributed by atoms with E-state index in [9.17, 15) is 4.79 Å². The maximum atomic E-state index is 11.9. The number of aromatic nitrogens is 2. The summed E-state index contributed by atoms with van der Waals surface area (Å²) in [6.45, 7) is 5.43. The Morgan fingerprint density at radius 2 is 2.12 bits per heavy atom. The van der Waals surface area contributed by atoms with Crippen LogP contribution in [0.15, 0.2) is 12.4 Å². The Bertz CT molecular complexity index is 404. The minimum absolute atomic E-state index is 0.291. The molecule has 1 unspecified atom stereocenters. The van der Waals surface area contributed by atoms with Crippen molar-refractivity contribution in [1.82, 2.24) is 15.3 Å². The van der Waals surface area contributed by atoms with Crippen molar-refractivity contribution in [2.24, 2.45) is 0 Å². The molecule has 1 rings (SSSR count). The standard InChI is InChI=1S/C11H16ClN3O2/c1-11(2,3)17-10(16)9(13-4)7-5-8(12)15-6-14-7/h5-6,9,13H,1-4H3. The molecule has 1 N–H and O–H groups in total. The van der Waals surface area contributed by atoms with E-state index in [4.69, 9.17) is 16.3 Å². The first-order valence-corrected chi connectivity index (χ1v) is 5.59. The monoisotopic (exact) mass is 257 g/mol. The van der Waals surface area contributed by atoms with Gasteiger partial charge >= 0.3 is 5.97 Å². The predicted octanol–water partition coefficient (Wildman–Crippen LogP) is 1.73. The first kappa shape index (κ1) is 13.9. The zero-order chi connectivity index (χ0) is 13.1. The minimum Gasteiger partial charge on any atom is -0.459 e. The van der Waals surface area contributed by atoms with Gasteiger partial charge in [-0.2, -0.15) is 0 Å². The molecule has 1 aromatic heterocycles. The third-order valence-electron chi connectivity index (χ3n) is 1.88. The van der Waals surface area contributed by atoms with Crippen LogP contribution in [0.2, 0.25) is 5.15 Å². The lowest BCUT2D eigenvalue weighted by Gasteiger charge is -2.23. The maximum absolute atomic E-state index is 11.9. The van der Waals surface area contributed by atoms with Gasteiger partial charge in [0.15, 0.2) is 0 Å². The molecule has 5 nitrogen and oxygen atoms in total. The Balaban J connectivity index is 2.88. The van der Waals surface area contributed by atoms with E-state index in [-0.39, 0.29) is 0 Å². The van der Waals surface area contributed by atoms with E-state index in [1.54, 1.807) is 7.05 Å². The highest BCUT2D eigenvalue weighted by molar-refractivity contribution is 6.29. The molecular weight excluding hydrogens is 242 g/mol. The SMILES string of the molecule is CNC(C(=O)OC(C)(C)C)c1cc(Cl)ncn1. The molecule has 0 saturated carbocycles. The normalized spacial score (nSPS) is 13.2. The summed E-state index contributed by atoms with van der Waals surface area (Å²) >= 11 is 5.75. The Morgan fingerprint density at radius 3 is 2.59 bits per heavy atom. The average Bonchev–Trinajstić information content (AvgIpc) is 2.15. The molecule has 1 atom stereocenters. The van der Waals surface area contributed by atoms with E-state index >= 15 is 0 Å². The van der Waals surface area contributed by atoms with Crippen molar-refractivity contribution in [2.75, 3.05) is 7.05 Å². The van der Waals surface area contributed by atoms with Crippen LogP contribution in [0.25, 0.3) is 0 Å². The fourth-order valence-electron chi connectivity index (χ4n) is 1.25. The van der Waals surface area contributed by atoms with Crippen LogP contribution in [0, 0.1) is 0 Å². The van der Waals surface area contributed by atoms with E-state index in [0.29, 0.717) is 10.8 Å². The molecule has 0 aromatic carbocycles. The number of likely N-dealkylation sites (N-methyl/N-ethyl adjacent to an activating group) is 1. The number of nitrogens with one attached hydrogen (secondary N) is 1. The van der Waals surface area contributed by atoms with Crippen molar-refractivity contribution in [3.8, 4) is 0 Å². The van der Waals surface area contributed by atoms with Crippen LogP contribution in [0.5, 0.6) is 0 Å². The summed E-state index contributed by atoms with van der Waals surface area (Å²) in [6, 6.07) is 0.891. The number of halogens is 1. The highest BCUT2D eigenvalue weighted by atomic mass is 35.5. The van der Waals surface area contributed by atoms with Gasteiger partial charge < -0.3 is 10.1 Å². The van der Waals surface area contributed by atoms with Crippen LogP contribution in [0.1, 0.15) is 32.5 Å². The van der Waals surface area contributed by atoms with Crippen LogP contribution in [-0.4, -0.2) is 28.6 Å². The van der Waals surface area contributed by atoms with Crippen LogP contribution in [0.3, 0.4) is 0 Å². The van der Waals surface area contributed by atoms with Crippen molar-refractivity contribution in [1.29, 1.82) is 0 Å². The van der Waals surface area contributed by atoms with E-state index in [0.717, 1.165) is 0 Å².